The number of hydrogen-bond donors (Lipinski definition) is 0. The molecule has 0 radical (unpaired) electrons. The van der Waals surface area contributed by atoms with Crippen LogP contribution >= 0.6 is 11.3 Å². The van der Waals surface area contributed by atoms with E-state index in [4.69, 9.17) is 0 Å². The third-order valence-corrected chi connectivity index (χ3v) is 5.03. The first-order chi connectivity index (χ1) is 8.07. The van der Waals surface area contributed by atoms with Gasteiger partial charge >= 0.3 is 0 Å². The lowest BCUT2D eigenvalue weighted by atomic mass is 9.82. The van der Waals surface area contributed by atoms with Crippen LogP contribution in [0.2, 0.25) is 0 Å². The van der Waals surface area contributed by atoms with E-state index in [9.17, 15) is 8.78 Å². The molecule has 0 aromatic carbocycles. The SMILES string of the molecule is CCN1CCc2sc(C3CC(F)(F)C3)nc2C1. The topological polar surface area (TPSA) is 16.1 Å². The minimum atomic E-state index is -2.44. The predicted molar refractivity (Wildman–Crippen MR) is 63.7 cm³/mol. The van der Waals surface area contributed by atoms with Gasteiger partial charge in [0.25, 0.3) is 0 Å². The molecule has 1 aromatic heterocycles. The summed E-state index contributed by atoms with van der Waals surface area (Å²) in [6.45, 7) is 5.15. The molecule has 0 spiro atoms. The highest BCUT2D eigenvalue weighted by atomic mass is 32.1. The van der Waals surface area contributed by atoms with Crippen molar-refractivity contribution in [1.82, 2.24) is 9.88 Å². The molecule has 94 valence electrons. The summed E-state index contributed by atoms with van der Waals surface area (Å²) in [6, 6.07) is 0. The lowest BCUT2D eigenvalue weighted by molar-refractivity contribution is -0.0868. The molecule has 0 unspecified atom stereocenters. The second-order valence-electron chi connectivity index (χ2n) is 5.00. The smallest absolute Gasteiger partial charge is 0.249 e. The highest BCUT2D eigenvalue weighted by Gasteiger charge is 2.47. The summed E-state index contributed by atoms with van der Waals surface area (Å²) in [6.07, 6.45) is 1.03. The molecule has 0 N–H and O–H groups in total. The van der Waals surface area contributed by atoms with Crippen LogP contribution in [0.25, 0.3) is 0 Å². The quantitative estimate of drug-likeness (QED) is 0.810. The van der Waals surface area contributed by atoms with E-state index in [1.165, 1.54) is 4.88 Å². The number of aromatic nitrogens is 1. The number of hydrogen-bond acceptors (Lipinski definition) is 3. The minimum absolute atomic E-state index is 0.00309. The Morgan fingerprint density at radius 1 is 1.47 bits per heavy atom. The molecule has 1 aliphatic carbocycles. The summed E-state index contributed by atoms with van der Waals surface area (Å²) in [7, 11) is 0. The van der Waals surface area contributed by atoms with E-state index < -0.39 is 5.92 Å². The Bertz CT molecular complexity index is 422. The molecule has 1 aromatic rings. The van der Waals surface area contributed by atoms with Gasteiger partial charge in [-0.25, -0.2) is 13.8 Å². The number of rotatable bonds is 2. The van der Waals surface area contributed by atoms with Crippen molar-refractivity contribution < 1.29 is 8.78 Å². The maximum absolute atomic E-state index is 12.8. The fraction of sp³-hybridized carbons (Fsp3) is 0.750. The number of fused-ring (bicyclic) bond motifs is 1. The Morgan fingerprint density at radius 2 is 2.24 bits per heavy atom. The van der Waals surface area contributed by atoms with Gasteiger partial charge in [0.05, 0.1) is 10.7 Å². The monoisotopic (exact) mass is 258 g/mol. The van der Waals surface area contributed by atoms with Crippen molar-refractivity contribution in [2.75, 3.05) is 13.1 Å². The number of nitrogens with zero attached hydrogens (tertiary/aromatic N) is 2. The molecular formula is C12H16F2N2S. The zero-order valence-corrected chi connectivity index (χ0v) is 10.7. The Kier molecular flexibility index (Phi) is 2.70. The molecule has 5 heteroatoms. The van der Waals surface area contributed by atoms with Gasteiger partial charge in [-0.05, 0) is 13.0 Å². The van der Waals surface area contributed by atoms with E-state index in [0.717, 1.165) is 36.8 Å². The predicted octanol–water partition coefficient (Wildman–Crippen LogP) is 3.03. The van der Waals surface area contributed by atoms with E-state index >= 15 is 0 Å². The maximum atomic E-state index is 12.8. The second-order valence-corrected chi connectivity index (χ2v) is 6.12. The van der Waals surface area contributed by atoms with Crippen LogP contribution in [-0.2, 0) is 13.0 Å². The Morgan fingerprint density at radius 3 is 2.88 bits per heavy atom. The van der Waals surface area contributed by atoms with Crippen LogP contribution in [-0.4, -0.2) is 28.9 Å². The number of halogens is 2. The van der Waals surface area contributed by atoms with Gasteiger partial charge in [-0.2, -0.15) is 0 Å². The molecule has 2 heterocycles. The third-order valence-electron chi connectivity index (χ3n) is 3.71. The molecule has 1 aliphatic heterocycles. The summed E-state index contributed by atoms with van der Waals surface area (Å²) in [5.74, 6) is -2.43. The fourth-order valence-corrected chi connectivity index (χ4v) is 3.72. The third kappa shape index (κ3) is 2.10. The van der Waals surface area contributed by atoms with Crippen molar-refractivity contribution in [3.05, 3.63) is 15.6 Å². The molecule has 3 rings (SSSR count). The van der Waals surface area contributed by atoms with Gasteiger partial charge in [-0.1, -0.05) is 6.92 Å². The Labute approximate surface area is 104 Å². The van der Waals surface area contributed by atoms with Gasteiger partial charge in [0.15, 0.2) is 0 Å². The fourth-order valence-electron chi connectivity index (χ4n) is 2.55. The summed E-state index contributed by atoms with van der Waals surface area (Å²) >= 11 is 1.66. The van der Waals surface area contributed by atoms with Gasteiger partial charge < -0.3 is 0 Å². The standard InChI is InChI=1S/C12H16F2N2S/c1-2-16-4-3-10-9(7-16)15-11(17-10)8-5-12(13,14)6-8/h8H,2-7H2,1H3. The van der Waals surface area contributed by atoms with Crippen molar-refractivity contribution in [3.63, 3.8) is 0 Å². The average molecular weight is 258 g/mol. The van der Waals surface area contributed by atoms with Crippen molar-refractivity contribution in [1.29, 1.82) is 0 Å². The normalized spacial score (nSPS) is 24.4. The number of likely N-dealkylation sites (N-methyl/N-ethyl adjacent to an activating group) is 1. The first-order valence-electron chi connectivity index (χ1n) is 6.16. The van der Waals surface area contributed by atoms with Crippen molar-refractivity contribution in [2.45, 2.75) is 44.6 Å². The second kappa shape index (κ2) is 3.99. The molecule has 2 nitrogen and oxygen atoms in total. The van der Waals surface area contributed by atoms with Crippen LogP contribution < -0.4 is 0 Å². The van der Waals surface area contributed by atoms with E-state index in [1.54, 1.807) is 11.3 Å². The summed E-state index contributed by atoms with van der Waals surface area (Å²) in [5, 5.41) is 0.943. The first-order valence-corrected chi connectivity index (χ1v) is 6.98. The maximum Gasteiger partial charge on any atom is 0.249 e. The first kappa shape index (κ1) is 11.5. The van der Waals surface area contributed by atoms with Crippen molar-refractivity contribution >= 4 is 11.3 Å². The van der Waals surface area contributed by atoms with Crippen LogP contribution in [0.15, 0.2) is 0 Å². The number of thiazole rings is 1. The molecule has 0 atom stereocenters. The summed E-state index contributed by atoms with van der Waals surface area (Å²) in [5.41, 5.74) is 1.13. The van der Waals surface area contributed by atoms with E-state index in [1.807, 2.05) is 0 Å². The lowest BCUT2D eigenvalue weighted by Gasteiger charge is -2.33. The zero-order chi connectivity index (χ0) is 12.0. The van der Waals surface area contributed by atoms with Crippen LogP contribution in [0.1, 0.15) is 41.3 Å². The van der Waals surface area contributed by atoms with Crippen molar-refractivity contribution in [3.8, 4) is 0 Å². The van der Waals surface area contributed by atoms with Crippen molar-refractivity contribution in [2.24, 2.45) is 0 Å². The highest BCUT2D eigenvalue weighted by Crippen LogP contribution is 2.49. The molecule has 17 heavy (non-hydrogen) atoms. The van der Waals surface area contributed by atoms with Crippen LogP contribution in [0, 0.1) is 0 Å². The van der Waals surface area contributed by atoms with Gasteiger partial charge in [0.2, 0.25) is 5.92 Å². The minimum Gasteiger partial charge on any atom is -0.297 e. The molecule has 0 saturated heterocycles. The van der Waals surface area contributed by atoms with E-state index in [0.29, 0.717) is 0 Å². The van der Waals surface area contributed by atoms with Crippen LogP contribution in [0.4, 0.5) is 8.78 Å². The van der Waals surface area contributed by atoms with Gasteiger partial charge in [0, 0.05) is 36.7 Å². The van der Waals surface area contributed by atoms with Gasteiger partial charge in [-0.15, -0.1) is 11.3 Å². The highest BCUT2D eigenvalue weighted by molar-refractivity contribution is 7.11. The lowest BCUT2D eigenvalue weighted by Crippen LogP contribution is -2.33. The number of alkyl halides is 2. The zero-order valence-electron chi connectivity index (χ0n) is 9.88. The largest absolute Gasteiger partial charge is 0.297 e. The summed E-state index contributed by atoms with van der Waals surface area (Å²) in [4.78, 5) is 8.25. The van der Waals surface area contributed by atoms with E-state index in [-0.39, 0.29) is 18.8 Å². The molecule has 1 fully saturated rings. The Hall–Kier alpha value is -0.550. The van der Waals surface area contributed by atoms with Gasteiger partial charge in [-0.3, -0.25) is 4.90 Å². The summed E-state index contributed by atoms with van der Waals surface area (Å²) < 4.78 is 25.7. The molecule has 2 aliphatic rings. The van der Waals surface area contributed by atoms with Gasteiger partial charge in [0.1, 0.15) is 0 Å². The average Bonchev–Trinajstić information content (AvgIpc) is 2.67. The molecule has 1 saturated carbocycles. The molecule has 0 bridgehead atoms. The molecular weight excluding hydrogens is 242 g/mol. The Balaban J connectivity index is 1.75. The van der Waals surface area contributed by atoms with E-state index in [2.05, 4.69) is 16.8 Å². The van der Waals surface area contributed by atoms with Crippen LogP contribution in [0.3, 0.4) is 0 Å². The molecule has 0 amide bonds. The van der Waals surface area contributed by atoms with Crippen LogP contribution in [0.5, 0.6) is 0 Å².